The minimum atomic E-state index is -0.214. The lowest BCUT2D eigenvalue weighted by Gasteiger charge is -2.26. The minimum absolute atomic E-state index is 0.0152. The van der Waals surface area contributed by atoms with Crippen LogP contribution in [0, 0.1) is 23.7 Å². The molecule has 1 saturated carbocycles. The number of thiophene rings is 1. The zero-order valence-corrected chi connectivity index (χ0v) is 23.9. The molecule has 1 aliphatic carbocycles. The van der Waals surface area contributed by atoms with E-state index in [1.165, 1.54) is 5.56 Å². The van der Waals surface area contributed by atoms with E-state index in [0.29, 0.717) is 17.8 Å². The quantitative estimate of drug-likeness (QED) is 0.426. The second-order valence-electron chi connectivity index (χ2n) is 11.7. The molecule has 3 unspecified atom stereocenters. The number of nitrogens with zero attached hydrogens (tertiary/aromatic N) is 2. The highest BCUT2D eigenvalue weighted by Crippen LogP contribution is 2.47. The van der Waals surface area contributed by atoms with E-state index in [0.717, 1.165) is 77.8 Å². The van der Waals surface area contributed by atoms with Crippen molar-refractivity contribution in [1.29, 1.82) is 0 Å². The van der Waals surface area contributed by atoms with Gasteiger partial charge >= 0.3 is 0 Å². The average Bonchev–Trinajstić information content (AvgIpc) is 3.69. The van der Waals surface area contributed by atoms with Crippen molar-refractivity contribution in [2.45, 2.75) is 52.7 Å². The lowest BCUT2D eigenvalue weighted by molar-refractivity contribution is -0.122. The number of nitrogens with two attached hydrogens (primary N) is 1. The van der Waals surface area contributed by atoms with E-state index in [9.17, 15) is 9.59 Å². The number of aryl methyl sites for hydroxylation is 1. The number of hydrogen-bond donors (Lipinski definition) is 1. The number of benzene rings is 1. The summed E-state index contributed by atoms with van der Waals surface area (Å²) in [6, 6.07) is 10.5. The Hall–Kier alpha value is -3.26. The first-order valence-corrected chi connectivity index (χ1v) is 14.9. The summed E-state index contributed by atoms with van der Waals surface area (Å²) in [5.41, 5.74) is 10.8. The van der Waals surface area contributed by atoms with E-state index in [2.05, 4.69) is 40.3 Å². The van der Waals surface area contributed by atoms with Crippen LogP contribution in [0.15, 0.2) is 35.7 Å². The van der Waals surface area contributed by atoms with Crippen molar-refractivity contribution in [1.82, 2.24) is 9.47 Å². The van der Waals surface area contributed by atoms with Crippen molar-refractivity contribution >= 4 is 23.2 Å². The normalized spacial score (nSPS) is 22.4. The van der Waals surface area contributed by atoms with E-state index in [4.69, 9.17) is 15.2 Å². The van der Waals surface area contributed by atoms with E-state index in [1.807, 2.05) is 25.7 Å². The number of methoxy groups -OCH3 is 1. The molecule has 3 atom stereocenters. The second kappa shape index (κ2) is 10.0. The number of amides is 2. The van der Waals surface area contributed by atoms with Gasteiger partial charge in [-0.15, -0.1) is 11.3 Å². The Bertz CT molecular complexity index is 1400. The predicted molar refractivity (Wildman–Crippen MR) is 153 cm³/mol. The summed E-state index contributed by atoms with van der Waals surface area (Å²) < 4.78 is 14.0. The summed E-state index contributed by atoms with van der Waals surface area (Å²) in [6.07, 6.45) is 2.77. The molecule has 0 bridgehead atoms. The van der Waals surface area contributed by atoms with E-state index >= 15 is 0 Å². The van der Waals surface area contributed by atoms with Gasteiger partial charge in [0, 0.05) is 41.6 Å². The van der Waals surface area contributed by atoms with Crippen LogP contribution in [0.25, 0.3) is 21.7 Å². The highest BCUT2D eigenvalue weighted by Gasteiger charge is 2.45. The number of ether oxygens (including phenoxy) is 2. The molecule has 2 aromatic heterocycles. The summed E-state index contributed by atoms with van der Waals surface area (Å²) in [4.78, 5) is 29.0. The fourth-order valence-corrected chi connectivity index (χ4v) is 7.69. The van der Waals surface area contributed by atoms with E-state index in [1.54, 1.807) is 18.4 Å². The Labute approximate surface area is 233 Å². The van der Waals surface area contributed by atoms with Crippen LogP contribution in [0.5, 0.6) is 11.5 Å². The molecule has 1 aromatic carbocycles. The van der Waals surface area contributed by atoms with Gasteiger partial charge in [0.05, 0.1) is 18.9 Å². The molecule has 6 rings (SSSR count). The SMILES string of the molecule is COc1cc2c(cc1OC(C)C)-c1c(-c3cccs3)cc(C(=O)N3CC4CC(C(C)C(N)=O)CC4C3)n1CC2. The molecule has 1 saturated heterocycles. The van der Waals surface area contributed by atoms with Gasteiger partial charge < -0.3 is 24.7 Å². The summed E-state index contributed by atoms with van der Waals surface area (Å²) in [7, 11) is 1.68. The molecule has 39 heavy (non-hydrogen) atoms. The third kappa shape index (κ3) is 4.52. The van der Waals surface area contributed by atoms with Crippen molar-refractivity contribution in [3.05, 3.63) is 47.0 Å². The maximum atomic E-state index is 14.1. The molecule has 3 aliphatic rings. The van der Waals surface area contributed by atoms with Crippen molar-refractivity contribution in [2.75, 3.05) is 20.2 Å². The van der Waals surface area contributed by atoms with Gasteiger partial charge in [0.2, 0.25) is 5.91 Å². The monoisotopic (exact) mass is 547 g/mol. The maximum absolute atomic E-state index is 14.1. The topological polar surface area (TPSA) is 86.8 Å². The number of carbonyl (C=O) groups excluding carboxylic acids is 2. The van der Waals surface area contributed by atoms with Gasteiger partial charge in [0.25, 0.3) is 5.91 Å². The Kier molecular flexibility index (Phi) is 6.69. The molecule has 2 N–H and O–H groups in total. The smallest absolute Gasteiger partial charge is 0.270 e. The average molecular weight is 548 g/mol. The predicted octanol–water partition coefficient (Wildman–Crippen LogP) is 5.46. The van der Waals surface area contributed by atoms with Crippen LogP contribution in [-0.4, -0.2) is 47.6 Å². The summed E-state index contributed by atoms with van der Waals surface area (Å²) in [5.74, 6) is 2.46. The molecular formula is C31H37N3O4S. The Morgan fingerprint density at radius 2 is 1.79 bits per heavy atom. The third-order valence-electron chi connectivity index (χ3n) is 8.95. The molecule has 2 aliphatic heterocycles. The molecule has 2 fully saturated rings. The number of aromatic nitrogens is 1. The van der Waals surface area contributed by atoms with Crippen molar-refractivity contribution < 1.29 is 19.1 Å². The van der Waals surface area contributed by atoms with E-state index < -0.39 is 0 Å². The first kappa shape index (κ1) is 26.0. The Morgan fingerprint density at radius 3 is 2.41 bits per heavy atom. The lowest BCUT2D eigenvalue weighted by Crippen LogP contribution is -2.33. The first-order chi connectivity index (χ1) is 18.7. The first-order valence-electron chi connectivity index (χ1n) is 14.0. The van der Waals surface area contributed by atoms with Crippen LogP contribution in [0.4, 0.5) is 0 Å². The Balaban J connectivity index is 1.35. The number of rotatable bonds is 7. The number of likely N-dealkylation sites (tertiary alicyclic amines) is 1. The zero-order chi connectivity index (χ0) is 27.4. The fraction of sp³-hybridized carbons (Fsp3) is 0.484. The lowest BCUT2D eigenvalue weighted by atomic mass is 9.90. The van der Waals surface area contributed by atoms with Gasteiger partial charge in [-0.05, 0) is 86.1 Å². The van der Waals surface area contributed by atoms with Gasteiger partial charge in [-0.25, -0.2) is 0 Å². The van der Waals surface area contributed by atoms with Crippen molar-refractivity contribution in [3.8, 4) is 33.2 Å². The largest absolute Gasteiger partial charge is 0.493 e. The molecule has 2 amide bonds. The van der Waals surface area contributed by atoms with E-state index in [-0.39, 0.29) is 23.8 Å². The number of hydrogen-bond acceptors (Lipinski definition) is 5. The number of fused-ring (bicyclic) bond motifs is 4. The molecule has 4 heterocycles. The standard InChI is InChI=1S/C31H37N3O4S/c1-17(2)38-27-14-23-19(12-26(27)37-4)7-8-34-25(13-24(29(23)34)28-6-5-9-39-28)31(36)33-15-21-10-20(11-22(21)16-33)18(3)30(32)35/h5-6,9,12-14,17-18,20-22H,7-8,10-11,15-16H2,1-4H3,(H2,32,35). The molecule has 0 spiro atoms. The molecule has 0 radical (unpaired) electrons. The van der Waals surface area contributed by atoms with Crippen molar-refractivity contribution in [3.63, 3.8) is 0 Å². The minimum Gasteiger partial charge on any atom is -0.493 e. The van der Waals surface area contributed by atoms with Gasteiger partial charge in [-0.2, -0.15) is 0 Å². The van der Waals surface area contributed by atoms with Crippen LogP contribution >= 0.6 is 11.3 Å². The van der Waals surface area contributed by atoms with Crippen LogP contribution in [-0.2, 0) is 17.8 Å². The van der Waals surface area contributed by atoms with Gasteiger partial charge in [-0.1, -0.05) is 13.0 Å². The molecule has 7 nitrogen and oxygen atoms in total. The molecule has 8 heteroatoms. The van der Waals surface area contributed by atoms with Crippen LogP contribution < -0.4 is 15.2 Å². The highest BCUT2D eigenvalue weighted by molar-refractivity contribution is 7.13. The zero-order valence-electron chi connectivity index (χ0n) is 23.1. The number of primary amides is 1. The third-order valence-corrected chi connectivity index (χ3v) is 9.85. The molecule has 3 aromatic rings. The van der Waals surface area contributed by atoms with Crippen molar-refractivity contribution in [2.24, 2.45) is 29.4 Å². The maximum Gasteiger partial charge on any atom is 0.270 e. The second-order valence-corrected chi connectivity index (χ2v) is 12.6. The van der Waals surface area contributed by atoms with Gasteiger partial charge in [0.1, 0.15) is 5.69 Å². The summed E-state index contributed by atoms with van der Waals surface area (Å²) in [5, 5.41) is 2.08. The molecular weight excluding hydrogens is 510 g/mol. The summed E-state index contributed by atoms with van der Waals surface area (Å²) in [6.45, 7) is 8.21. The summed E-state index contributed by atoms with van der Waals surface area (Å²) >= 11 is 1.69. The van der Waals surface area contributed by atoms with Gasteiger partial charge in [-0.3, -0.25) is 9.59 Å². The molecule has 206 valence electrons. The fourth-order valence-electron chi connectivity index (χ4n) is 6.95. The van der Waals surface area contributed by atoms with Crippen LogP contribution in [0.2, 0.25) is 0 Å². The Morgan fingerprint density at radius 1 is 1.05 bits per heavy atom. The van der Waals surface area contributed by atoms with Gasteiger partial charge in [0.15, 0.2) is 11.5 Å². The van der Waals surface area contributed by atoms with Crippen LogP contribution in [0.3, 0.4) is 0 Å². The number of carbonyl (C=O) groups is 2. The van der Waals surface area contributed by atoms with Crippen LogP contribution in [0.1, 0.15) is 49.7 Å². The highest BCUT2D eigenvalue weighted by atomic mass is 32.1.